The van der Waals surface area contributed by atoms with Gasteiger partial charge in [0.15, 0.2) is 21.3 Å². The van der Waals surface area contributed by atoms with Gasteiger partial charge in [-0.25, -0.2) is 8.42 Å². The van der Waals surface area contributed by atoms with E-state index in [1.165, 1.54) is 37.4 Å². The zero-order valence-corrected chi connectivity index (χ0v) is 16.3. The normalized spacial score (nSPS) is 11.3. The number of carbonyl (C=O) groups excluding carboxylic acids is 1. The van der Waals surface area contributed by atoms with E-state index in [1.54, 1.807) is 12.1 Å². The maximum Gasteiger partial charge on any atom is 0.387 e. The van der Waals surface area contributed by atoms with Gasteiger partial charge in [0.05, 0.1) is 17.8 Å². The Morgan fingerprint density at radius 2 is 1.79 bits per heavy atom. The lowest BCUT2D eigenvalue weighted by molar-refractivity contribution is -0.120. The average Bonchev–Trinajstić information content (AvgIpc) is 2.65. The van der Waals surface area contributed by atoms with Gasteiger partial charge in [-0.2, -0.15) is 8.78 Å². The van der Waals surface area contributed by atoms with Gasteiger partial charge in [-0.05, 0) is 36.8 Å². The van der Waals surface area contributed by atoms with Gasteiger partial charge in [0, 0.05) is 13.0 Å². The third-order valence-corrected chi connectivity index (χ3v) is 5.64. The van der Waals surface area contributed by atoms with E-state index in [0.717, 1.165) is 5.56 Å². The fraction of sp³-hybridized carbons (Fsp3) is 0.316. The highest BCUT2D eigenvalue weighted by atomic mass is 32.2. The van der Waals surface area contributed by atoms with Crippen molar-refractivity contribution in [1.82, 2.24) is 5.32 Å². The zero-order chi connectivity index (χ0) is 20.7. The molecule has 28 heavy (non-hydrogen) atoms. The van der Waals surface area contributed by atoms with E-state index < -0.39 is 22.4 Å². The summed E-state index contributed by atoms with van der Waals surface area (Å²) in [5, 5.41) is 2.60. The Morgan fingerprint density at radius 3 is 2.39 bits per heavy atom. The highest BCUT2D eigenvalue weighted by molar-refractivity contribution is 7.91. The second-order valence-electron chi connectivity index (χ2n) is 6.02. The molecule has 0 heterocycles. The maximum atomic E-state index is 12.3. The van der Waals surface area contributed by atoms with E-state index in [0.29, 0.717) is 5.56 Å². The van der Waals surface area contributed by atoms with E-state index in [-0.39, 0.29) is 35.1 Å². The molecule has 1 N–H and O–H groups in total. The summed E-state index contributed by atoms with van der Waals surface area (Å²) in [7, 11) is -2.24. The number of sulfone groups is 1. The highest BCUT2D eigenvalue weighted by Crippen LogP contribution is 2.29. The number of rotatable bonds is 9. The number of hydrogen-bond acceptors (Lipinski definition) is 5. The Labute approximate surface area is 162 Å². The summed E-state index contributed by atoms with van der Waals surface area (Å²) in [5.74, 6) is -0.764. The number of methoxy groups -OCH3 is 1. The second-order valence-corrected chi connectivity index (χ2v) is 8.13. The summed E-state index contributed by atoms with van der Waals surface area (Å²) in [6.45, 7) is -1.03. The SMILES string of the molecule is COc1cc(CNC(=O)CCS(=O)(=O)c2ccc(C)cc2)ccc1OC(F)F. The first-order valence-electron chi connectivity index (χ1n) is 8.39. The van der Waals surface area contributed by atoms with Gasteiger partial charge < -0.3 is 14.8 Å². The number of hydrogen-bond donors (Lipinski definition) is 1. The van der Waals surface area contributed by atoms with Crippen LogP contribution in [0.2, 0.25) is 0 Å². The smallest absolute Gasteiger partial charge is 0.387 e. The third-order valence-electron chi connectivity index (χ3n) is 3.91. The van der Waals surface area contributed by atoms with Gasteiger partial charge in [-0.15, -0.1) is 0 Å². The van der Waals surface area contributed by atoms with Gasteiger partial charge in [-0.1, -0.05) is 23.8 Å². The van der Waals surface area contributed by atoms with Crippen molar-refractivity contribution in [1.29, 1.82) is 0 Å². The van der Waals surface area contributed by atoms with Crippen LogP contribution in [0.25, 0.3) is 0 Å². The average molecular weight is 413 g/mol. The summed E-state index contributed by atoms with van der Waals surface area (Å²) in [4.78, 5) is 12.2. The minimum Gasteiger partial charge on any atom is -0.493 e. The number of alkyl halides is 2. The molecule has 0 aliphatic carbocycles. The standard InChI is InChI=1S/C19H21F2NO5S/c1-13-3-6-15(7-4-13)28(24,25)10-9-18(23)22-12-14-5-8-16(27-19(20)21)17(11-14)26-2/h3-8,11,19H,9-10,12H2,1-2H3,(H,22,23). The molecule has 0 atom stereocenters. The molecule has 2 aromatic carbocycles. The number of nitrogens with one attached hydrogen (secondary N) is 1. The minimum atomic E-state index is -3.55. The van der Waals surface area contributed by atoms with Crippen LogP contribution in [0, 0.1) is 6.92 Å². The van der Waals surface area contributed by atoms with Crippen molar-refractivity contribution >= 4 is 15.7 Å². The lowest BCUT2D eigenvalue weighted by atomic mass is 10.2. The van der Waals surface area contributed by atoms with Crippen LogP contribution in [0.5, 0.6) is 11.5 Å². The molecular formula is C19H21F2NO5S. The molecule has 0 unspecified atom stereocenters. The van der Waals surface area contributed by atoms with Crippen LogP contribution in [-0.4, -0.2) is 33.8 Å². The van der Waals surface area contributed by atoms with Crippen LogP contribution in [0.1, 0.15) is 17.5 Å². The Balaban J connectivity index is 1.91. The van der Waals surface area contributed by atoms with Gasteiger partial charge in [0.25, 0.3) is 0 Å². The molecule has 9 heteroatoms. The van der Waals surface area contributed by atoms with Gasteiger partial charge in [0.2, 0.25) is 5.91 Å². The molecule has 152 valence electrons. The van der Waals surface area contributed by atoms with Crippen molar-refractivity contribution in [3.63, 3.8) is 0 Å². The number of carbonyl (C=O) groups is 1. The Hall–Kier alpha value is -2.68. The maximum absolute atomic E-state index is 12.3. The van der Waals surface area contributed by atoms with Gasteiger partial charge in [0.1, 0.15) is 0 Å². The second kappa shape index (κ2) is 9.50. The molecule has 1 amide bonds. The summed E-state index contributed by atoms with van der Waals surface area (Å²) in [5.41, 5.74) is 1.53. The molecule has 0 saturated heterocycles. The van der Waals surface area contributed by atoms with E-state index in [4.69, 9.17) is 4.74 Å². The molecule has 0 spiro atoms. The fourth-order valence-corrected chi connectivity index (χ4v) is 3.64. The van der Waals surface area contributed by atoms with E-state index >= 15 is 0 Å². The quantitative estimate of drug-likeness (QED) is 0.683. The number of aryl methyl sites for hydroxylation is 1. The van der Waals surface area contributed by atoms with Crippen LogP contribution < -0.4 is 14.8 Å². The number of ether oxygens (including phenoxy) is 2. The first-order valence-corrected chi connectivity index (χ1v) is 10.0. The molecule has 0 fully saturated rings. The number of halogens is 2. The van der Waals surface area contributed by atoms with Crippen LogP contribution in [0.3, 0.4) is 0 Å². The summed E-state index contributed by atoms with van der Waals surface area (Å²) >= 11 is 0. The van der Waals surface area contributed by atoms with Crippen LogP contribution in [0.4, 0.5) is 8.78 Å². The van der Waals surface area contributed by atoms with E-state index in [9.17, 15) is 22.0 Å². The van der Waals surface area contributed by atoms with Crippen LogP contribution >= 0.6 is 0 Å². The van der Waals surface area contributed by atoms with Gasteiger partial charge >= 0.3 is 6.61 Å². The van der Waals surface area contributed by atoms with Crippen LogP contribution in [0.15, 0.2) is 47.4 Å². The first kappa shape index (κ1) is 21.6. The number of amides is 1. The van der Waals surface area contributed by atoms with Crippen molar-refractivity contribution in [2.45, 2.75) is 31.4 Å². The topological polar surface area (TPSA) is 81.7 Å². The number of benzene rings is 2. The molecular weight excluding hydrogens is 392 g/mol. The fourth-order valence-electron chi connectivity index (χ4n) is 2.39. The highest BCUT2D eigenvalue weighted by Gasteiger charge is 2.16. The molecule has 0 aromatic heterocycles. The Morgan fingerprint density at radius 1 is 1.11 bits per heavy atom. The largest absolute Gasteiger partial charge is 0.493 e. The van der Waals surface area contributed by atoms with Crippen molar-refractivity contribution in [3.05, 3.63) is 53.6 Å². The molecule has 2 rings (SSSR count). The molecule has 0 aliphatic heterocycles. The molecule has 6 nitrogen and oxygen atoms in total. The van der Waals surface area contributed by atoms with Crippen LogP contribution in [-0.2, 0) is 21.2 Å². The Kier molecular flexibility index (Phi) is 7.33. The van der Waals surface area contributed by atoms with Crippen molar-refractivity contribution in [2.75, 3.05) is 12.9 Å². The molecule has 0 bridgehead atoms. The first-order chi connectivity index (χ1) is 13.2. The van der Waals surface area contributed by atoms with E-state index in [2.05, 4.69) is 10.1 Å². The zero-order valence-electron chi connectivity index (χ0n) is 15.4. The van der Waals surface area contributed by atoms with Gasteiger partial charge in [-0.3, -0.25) is 4.79 Å². The lowest BCUT2D eigenvalue weighted by Gasteiger charge is -2.12. The molecule has 2 aromatic rings. The van der Waals surface area contributed by atoms with Crippen molar-refractivity contribution in [3.8, 4) is 11.5 Å². The van der Waals surface area contributed by atoms with E-state index in [1.807, 2.05) is 6.92 Å². The van der Waals surface area contributed by atoms with Crippen molar-refractivity contribution < 1.29 is 31.5 Å². The molecule has 0 radical (unpaired) electrons. The minimum absolute atomic E-state index is 0.0920. The monoisotopic (exact) mass is 413 g/mol. The molecule has 0 aliphatic rings. The summed E-state index contributed by atoms with van der Waals surface area (Å²) < 4.78 is 58.5. The molecule has 0 saturated carbocycles. The third kappa shape index (κ3) is 6.19. The lowest BCUT2D eigenvalue weighted by Crippen LogP contribution is -2.25. The predicted molar refractivity (Wildman–Crippen MR) is 99.3 cm³/mol. The predicted octanol–water partition coefficient (Wildman–Crippen LogP) is 3.09. The summed E-state index contributed by atoms with van der Waals surface area (Å²) in [6, 6.07) is 10.7. The van der Waals surface area contributed by atoms with Crippen molar-refractivity contribution in [2.24, 2.45) is 0 Å². The Bertz CT molecular complexity index is 914. The summed E-state index contributed by atoms with van der Waals surface area (Å²) in [6.07, 6.45) is -0.195.